The van der Waals surface area contributed by atoms with E-state index in [0.717, 1.165) is 11.0 Å². The van der Waals surface area contributed by atoms with Crippen molar-refractivity contribution < 1.29 is 19.1 Å². The summed E-state index contributed by atoms with van der Waals surface area (Å²) in [4.78, 5) is 29.2. The lowest BCUT2D eigenvalue weighted by atomic mass is 10.0. The fourth-order valence-corrected chi connectivity index (χ4v) is 3.58. The van der Waals surface area contributed by atoms with Crippen LogP contribution in [0.3, 0.4) is 0 Å². The molecule has 2 amide bonds. The maximum atomic E-state index is 12.9. The van der Waals surface area contributed by atoms with E-state index in [9.17, 15) is 9.59 Å². The number of benzene rings is 1. The molecule has 9 nitrogen and oxygen atoms in total. The number of fused-ring (bicyclic) bond motifs is 1. The number of aromatic nitrogens is 3. The highest BCUT2D eigenvalue weighted by Gasteiger charge is 2.43. The molecule has 0 bridgehead atoms. The molecular weight excluding hydrogens is 350 g/mol. The van der Waals surface area contributed by atoms with Crippen LogP contribution in [-0.2, 0) is 25.6 Å². The molecule has 27 heavy (non-hydrogen) atoms. The van der Waals surface area contributed by atoms with E-state index >= 15 is 0 Å². The van der Waals surface area contributed by atoms with Crippen LogP contribution in [0.25, 0.3) is 11.0 Å². The van der Waals surface area contributed by atoms with Crippen molar-refractivity contribution in [1.29, 1.82) is 0 Å². The summed E-state index contributed by atoms with van der Waals surface area (Å²) in [7, 11) is 0. The fraction of sp³-hybridized carbons (Fsp3) is 0.556. The van der Waals surface area contributed by atoms with Gasteiger partial charge in [-0.2, -0.15) is 0 Å². The van der Waals surface area contributed by atoms with Gasteiger partial charge in [0.2, 0.25) is 5.91 Å². The van der Waals surface area contributed by atoms with Crippen molar-refractivity contribution in [1.82, 2.24) is 24.8 Å². The van der Waals surface area contributed by atoms with Crippen molar-refractivity contribution in [2.75, 3.05) is 46.0 Å². The number of morpholine rings is 2. The van der Waals surface area contributed by atoms with E-state index in [1.54, 1.807) is 21.4 Å². The van der Waals surface area contributed by atoms with Gasteiger partial charge in [0.1, 0.15) is 12.1 Å². The van der Waals surface area contributed by atoms with Gasteiger partial charge in [-0.25, -0.2) is 4.68 Å². The number of rotatable bonds is 3. The normalized spacial score (nSPS) is 23.6. The van der Waals surface area contributed by atoms with E-state index in [4.69, 9.17) is 9.47 Å². The molecule has 3 heterocycles. The van der Waals surface area contributed by atoms with E-state index < -0.39 is 5.60 Å². The van der Waals surface area contributed by atoms with E-state index in [0.29, 0.717) is 39.5 Å². The second-order valence-electron chi connectivity index (χ2n) is 7.03. The average molecular weight is 373 g/mol. The van der Waals surface area contributed by atoms with Crippen molar-refractivity contribution in [3.8, 4) is 0 Å². The van der Waals surface area contributed by atoms with Gasteiger partial charge in [0.05, 0.1) is 31.9 Å². The maximum absolute atomic E-state index is 12.9. The number of hydrogen-bond acceptors (Lipinski definition) is 6. The third-order valence-electron chi connectivity index (χ3n) is 5.08. The van der Waals surface area contributed by atoms with Crippen LogP contribution >= 0.6 is 0 Å². The first kappa shape index (κ1) is 17.9. The van der Waals surface area contributed by atoms with Crippen LogP contribution in [0.2, 0.25) is 0 Å². The lowest BCUT2D eigenvalue weighted by Crippen LogP contribution is -2.61. The summed E-state index contributed by atoms with van der Waals surface area (Å²) in [6.45, 7) is 5.03. The molecule has 1 aromatic carbocycles. The quantitative estimate of drug-likeness (QED) is 0.747. The molecule has 0 saturated carbocycles. The lowest BCUT2D eigenvalue weighted by Gasteiger charge is -2.42. The van der Waals surface area contributed by atoms with Crippen LogP contribution in [0.1, 0.15) is 6.92 Å². The third kappa shape index (κ3) is 3.52. The highest BCUT2D eigenvalue weighted by molar-refractivity contribution is 5.87. The highest BCUT2D eigenvalue weighted by atomic mass is 16.5. The minimum atomic E-state index is -1.03. The molecule has 0 aliphatic carbocycles. The standard InChI is InChI=1S/C18H23N5O4/c1-18(17(25)21-6-9-26-10-7-21)13-22(8-11-27-18)16(24)12-23-15-5-3-2-4-14(15)19-20-23/h2-5H,6-13H2,1H3/t18-/m0/s1. The number of ether oxygens (including phenoxy) is 2. The van der Waals surface area contributed by atoms with Crippen LogP contribution in [-0.4, -0.2) is 88.2 Å². The Balaban J connectivity index is 1.45. The molecule has 2 aliphatic heterocycles. The Morgan fingerprint density at radius 2 is 1.85 bits per heavy atom. The van der Waals surface area contributed by atoms with Gasteiger partial charge in [-0.1, -0.05) is 17.3 Å². The largest absolute Gasteiger partial charge is 0.378 e. The molecule has 9 heteroatoms. The van der Waals surface area contributed by atoms with Gasteiger partial charge in [-0.15, -0.1) is 5.10 Å². The molecule has 4 rings (SSSR count). The van der Waals surface area contributed by atoms with Crippen LogP contribution in [0, 0.1) is 0 Å². The summed E-state index contributed by atoms with van der Waals surface area (Å²) in [5.74, 6) is -0.190. The minimum Gasteiger partial charge on any atom is -0.378 e. The van der Waals surface area contributed by atoms with Crippen molar-refractivity contribution in [2.24, 2.45) is 0 Å². The van der Waals surface area contributed by atoms with Crippen LogP contribution < -0.4 is 0 Å². The maximum Gasteiger partial charge on any atom is 0.256 e. The Morgan fingerprint density at radius 1 is 1.11 bits per heavy atom. The molecular formula is C18H23N5O4. The zero-order valence-corrected chi connectivity index (χ0v) is 15.3. The SMILES string of the molecule is C[C@@]1(C(=O)N2CCOCC2)CN(C(=O)Cn2nnc3ccccc32)CCO1. The molecule has 0 N–H and O–H groups in total. The average Bonchev–Trinajstić information content (AvgIpc) is 3.11. The Labute approximate surface area is 156 Å². The lowest BCUT2D eigenvalue weighted by molar-refractivity contribution is -0.174. The van der Waals surface area contributed by atoms with Gasteiger partial charge in [-0.3, -0.25) is 9.59 Å². The summed E-state index contributed by atoms with van der Waals surface area (Å²) in [5.41, 5.74) is 0.529. The minimum absolute atomic E-state index is 0.0857. The van der Waals surface area contributed by atoms with Gasteiger partial charge in [0.15, 0.2) is 5.60 Å². The number of nitrogens with zero attached hydrogens (tertiary/aromatic N) is 5. The molecule has 2 fully saturated rings. The van der Waals surface area contributed by atoms with Gasteiger partial charge in [0.25, 0.3) is 5.91 Å². The van der Waals surface area contributed by atoms with E-state index in [2.05, 4.69) is 10.3 Å². The van der Waals surface area contributed by atoms with Crippen molar-refractivity contribution in [3.63, 3.8) is 0 Å². The number of carbonyl (C=O) groups is 2. The second-order valence-corrected chi connectivity index (χ2v) is 7.03. The Bertz CT molecular complexity index is 847. The molecule has 1 atom stereocenters. The highest BCUT2D eigenvalue weighted by Crippen LogP contribution is 2.22. The first-order chi connectivity index (χ1) is 13.1. The third-order valence-corrected chi connectivity index (χ3v) is 5.08. The molecule has 0 unspecified atom stereocenters. The van der Waals surface area contributed by atoms with E-state index in [1.165, 1.54) is 0 Å². The summed E-state index contributed by atoms with van der Waals surface area (Å²) in [6.07, 6.45) is 0. The molecule has 2 saturated heterocycles. The van der Waals surface area contributed by atoms with Gasteiger partial charge < -0.3 is 19.3 Å². The zero-order chi connectivity index (χ0) is 18.9. The summed E-state index contributed by atoms with van der Waals surface area (Å²) < 4.78 is 12.7. The summed E-state index contributed by atoms with van der Waals surface area (Å²) in [6, 6.07) is 7.51. The molecule has 0 spiro atoms. The summed E-state index contributed by atoms with van der Waals surface area (Å²) >= 11 is 0. The fourth-order valence-electron chi connectivity index (χ4n) is 3.58. The first-order valence-corrected chi connectivity index (χ1v) is 9.14. The van der Waals surface area contributed by atoms with Crippen molar-refractivity contribution >= 4 is 22.8 Å². The second kappa shape index (κ2) is 7.24. The van der Waals surface area contributed by atoms with E-state index in [-0.39, 0.29) is 24.9 Å². The number of hydrogen-bond donors (Lipinski definition) is 0. The Kier molecular flexibility index (Phi) is 4.79. The summed E-state index contributed by atoms with van der Waals surface area (Å²) in [5, 5.41) is 8.15. The van der Waals surface area contributed by atoms with Crippen LogP contribution in [0.4, 0.5) is 0 Å². The Morgan fingerprint density at radius 3 is 2.67 bits per heavy atom. The molecule has 0 radical (unpaired) electrons. The molecule has 144 valence electrons. The topological polar surface area (TPSA) is 89.8 Å². The van der Waals surface area contributed by atoms with Gasteiger partial charge in [-0.05, 0) is 19.1 Å². The molecule has 1 aromatic heterocycles. The van der Waals surface area contributed by atoms with Crippen LogP contribution in [0.15, 0.2) is 24.3 Å². The van der Waals surface area contributed by atoms with Crippen LogP contribution in [0.5, 0.6) is 0 Å². The van der Waals surface area contributed by atoms with Gasteiger partial charge >= 0.3 is 0 Å². The monoisotopic (exact) mass is 373 g/mol. The molecule has 2 aromatic rings. The number of para-hydroxylation sites is 1. The smallest absolute Gasteiger partial charge is 0.256 e. The predicted molar refractivity (Wildman–Crippen MR) is 95.9 cm³/mol. The first-order valence-electron chi connectivity index (χ1n) is 9.14. The van der Waals surface area contributed by atoms with Crippen molar-refractivity contribution in [3.05, 3.63) is 24.3 Å². The number of carbonyl (C=O) groups excluding carboxylic acids is 2. The molecule has 2 aliphatic rings. The number of amides is 2. The van der Waals surface area contributed by atoms with Crippen molar-refractivity contribution in [2.45, 2.75) is 19.1 Å². The predicted octanol–water partition coefficient (Wildman–Crippen LogP) is -0.0924. The van der Waals surface area contributed by atoms with E-state index in [1.807, 2.05) is 24.3 Å². The van der Waals surface area contributed by atoms with Gasteiger partial charge in [0, 0.05) is 19.6 Å². The Hall–Kier alpha value is -2.52. The zero-order valence-electron chi connectivity index (χ0n) is 15.3.